The Morgan fingerprint density at radius 2 is 2.14 bits per heavy atom. The van der Waals surface area contributed by atoms with Crippen molar-refractivity contribution in [2.24, 2.45) is 0 Å². The molecular weight excluding hydrogens is 284 g/mol. The van der Waals surface area contributed by atoms with Crippen LogP contribution in [0.3, 0.4) is 0 Å². The predicted molar refractivity (Wildman–Crippen MR) is 68.0 cm³/mol. The maximum Gasteiger partial charge on any atom is 0.360 e. The average Bonchev–Trinajstić information content (AvgIpc) is 3.04. The van der Waals surface area contributed by atoms with Crippen LogP contribution in [-0.4, -0.2) is 37.6 Å². The second kappa shape index (κ2) is 5.98. The van der Waals surface area contributed by atoms with Crippen LogP contribution in [-0.2, 0) is 11.3 Å². The lowest BCUT2D eigenvalue weighted by atomic mass is 10.1. The molecule has 2 aromatic rings. The Kier molecular flexibility index (Phi) is 4.29. The Morgan fingerprint density at radius 1 is 1.43 bits per heavy atom. The van der Waals surface area contributed by atoms with E-state index < -0.39 is 12.5 Å². The fourth-order valence-electron chi connectivity index (χ4n) is 2.03. The van der Waals surface area contributed by atoms with Gasteiger partial charge in [-0.15, -0.1) is 5.10 Å². The van der Waals surface area contributed by atoms with E-state index in [1.807, 2.05) is 13.8 Å². The van der Waals surface area contributed by atoms with Crippen LogP contribution in [0.15, 0.2) is 12.4 Å². The second-order valence-corrected chi connectivity index (χ2v) is 4.66. The molecule has 0 saturated carbocycles. The molecule has 0 aromatic carbocycles. The van der Waals surface area contributed by atoms with E-state index in [9.17, 15) is 13.6 Å². The van der Waals surface area contributed by atoms with E-state index in [1.165, 1.54) is 24.2 Å². The van der Waals surface area contributed by atoms with Crippen LogP contribution in [0.25, 0.3) is 0 Å². The van der Waals surface area contributed by atoms with Crippen molar-refractivity contribution in [2.45, 2.75) is 32.9 Å². The van der Waals surface area contributed by atoms with E-state index in [0.29, 0.717) is 5.69 Å². The number of alkyl halides is 2. The minimum Gasteiger partial charge on any atom is -0.464 e. The van der Waals surface area contributed by atoms with Crippen LogP contribution in [0.5, 0.6) is 0 Å². The first kappa shape index (κ1) is 15.1. The van der Waals surface area contributed by atoms with E-state index in [1.54, 1.807) is 0 Å². The van der Waals surface area contributed by atoms with E-state index in [2.05, 4.69) is 20.0 Å². The summed E-state index contributed by atoms with van der Waals surface area (Å²) in [7, 11) is 1.25. The van der Waals surface area contributed by atoms with Gasteiger partial charge in [-0.05, 0) is 5.92 Å². The first-order valence-corrected chi connectivity index (χ1v) is 6.27. The maximum atomic E-state index is 12.8. The van der Waals surface area contributed by atoms with Gasteiger partial charge >= 0.3 is 12.5 Å². The normalized spacial score (nSPS) is 11.4. The Labute approximate surface area is 119 Å². The number of methoxy groups -OCH3 is 1. The highest BCUT2D eigenvalue weighted by atomic mass is 19.3. The summed E-state index contributed by atoms with van der Waals surface area (Å²) in [5.41, 5.74) is 0.605. The van der Waals surface area contributed by atoms with Crippen molar-refractivity contribution in [2.75, 3.05) is 7.11 Å². The molecule has 0 aliphatic carbocycles. The number of imidazole rings is 1. The van der Waals surface area contributed by atoms with Gasteiger partial charge in [0.25, 0.3) is 0 Å². The summed E-state index contributed by atoms with van der Waals surface area (Å²) >= 11 is 0. The number of nitrogens with zero attached hydrogens (tertiary/aromatic N) is 5. The number of hydrogen-bond donors (Lipinski definition) is 0. The van der Waals surface area contributed by atoms with Crippen LogP contribution < -0.4 is 0 Å². The summed E-state index contributed by atoms with van der Waals surface area (Å²) in [5, 5.41) is 7.63. The van der Waals surface area contributed by atoms with Crippen molar-refractivity contribution in [3.63, 3.8) is 0 Å². The molecule has 0 N–H and O–H groups in total. The summed E-state index contributed by atoms with van der Waals surface area (Å²) in [6.07, 6.45) is 2.47. The summed E-state index contributed by atoms with van der Waals surface area (Å²) in [5.74, 6) is -0.556. The molecule has 0 bridgehead atoms. The lowest BCUT2D eigenvalue weighted by Crippen LogP contribution is -2.15. The zero-order valence-corrected chi connectivity index (χ0v) is 11.8. The lowest BCUT2D eigenvalue weighted by Gasteiger charge is -2.11. The van der Waals surface area contributed by atoms with Crippen molar-refractivity contribution in [1.82, 2.24) is 24.5 Å². The SMILES string of the molecule is COC(=O)c1nnn(Cc2nccn2C(F)F)c1C(C)C. The summed E-state index contributed by atoms with van der Waals surface area (Å²) < 4.78 is 32.4. The van der Waals surface area contributed by atoms with Crippen LogP contribution in [0.4, 0.5) is 8.78 Å². The van der Waals surface area contributed by atoms with Gasteiger partial charge < -0.3 is 4.74 Å². The number of carbonyl (C=O) groups excluding carboxylic acids is 1. The third-order valence-electron chi connectivity index (χ3n) is 2.95. The summed E-state index contributed by atoms with van der Waals surface area (Å²) in [4.78, 5) is 15.5. The number of esters is 1. The van der Waals surface area contributed by atoms with Crippen LogP contribution >= 0.6 is 0 Å². The quantitative estimate of drug-likeness (QED) is 0.787. The Bertz CT molecular complexity index is 635. The zero-order chi connectivity index (χ0) is 15.6. The molecule has 114 valence electrons. The number of hydrogen-bond acceptors (Lipinski definition) is 5. The minimum atomic E-state index is -2.69. The molecule has 0 radical (unpaired) electrons. The average molecular weight is 299 g/mol. The van der Waals surface area contributed by atoms with Gasteiger partial charge in [0.15, 0.2) is 5.69 Å². The largest absolute Gasteiger partial charge is 0.464 e. The number of ether oxygens (including phenoxy) is 1. The molecule has 0 fully saturated rings. The molecule has 0 atom stereocenters. The molecule has 0 aliphatic rings. The smallest absolute Gasteiger partial charge is 0.360 e. The molecule has 7 nitrogen and oxygen atoms in total. The molecule has 0 aliphatic heterocycles. The Hall–Kier alpha value is -2.32. The van der Waals surface area contributed by atoms with Crippen molar-refractivity contribution in [3.05, 3.63) is 29.6 Å². The topological polar surface area (TPSA) is 74.8 Å². The van der Waals surface area contributed by atoms with Gasteiger partial charge in [0.2, 0.25) is 0 Å². The van der Waals surface area contributed by atoms with Crippen LogP contribution in [0.1, 0.15) is 48.3 Å². The molecule has 9 heteroatoms. The van der Waals surface area contributed by atoms with Crippen molar-refractivity contribution in [3.8, 4) is 0 Å². The van der Waals surface area contributed by atoms with Gasteiger partial charge in [0.1, 0.15) is 12.4 Å². The number of rotatable bonds is 5. The Morgan fingerprint density at radius 3 is 2.71 bits per heavy atom. The summed E-state index contributed by atoms with van der Waals surface area (Å²) in [6, 6.07) is 0. The van der Waals surface area contributed by atoms with E-state index >= 15 is 0 Å². The molecule has 2 heterocycles. The molecule has 0 amide bonds. The summed E-state index contributed by atoms with van der Waals surface area (Å²) in [6.45, 7) is 1.01. The molecule has 21 heavy (non-hydrogen) atoms. The zero-order valence-electron chi connectivity index (χ0n) is 11.8. The number of aromatic nitrogens is 5. The second-order valence-electron chi connectivity index (χ2n) is 4.66. The molecule has 0 spiro atoms. The number of carbonyl (C=O) groups is 1. The predicted octanol–water partition coefficient (Wildman–Crippen LogP) is 1.83. The fourth-order valence-corrected chi connectivity index (χ4v) is 2.03. The standard InChI is InChI=1S/C12H15F2N5O2/c1-7(2)10-9(11(20)21-3)16-17-19(10)6-8-15-4-5-18(8)12(13)14/h4-5,7,12H,6H2,1-3H3. The molecule has 2 aromatic heterocycles. The molecule has 0 saturated heterocycles. The number of halogens is 2. The van der Waals surface area contributed by atoms with E-state index in [4.69, 9.17) is 0 Å². The first-order valence-electron chi connectivity index (χ1n) is 6.27. The Balaban J connectivity index is 2.38. The van der Waals surface area contributed by atoms with Crippen molar-refractivity contribution in [1.29, 1.82) is 0 Å². The lowest BCUT2D eigenvalue weighted by molar-refractivity contribution is 0.0591. The highest BCUT2D eigenvalue weighted by Gasteiger charge is 2.24. The minimum absolute atomic E-state index is 0.00511. The van der Waals surface area contributed by atoms with E-state index in [0.717, 1.165) is 4.57 Å². The van der Waals surface area contributed by atoms with Gasteiger partial charge in [-0.25, -0.2) is 14.5 Å². The monoisotopic (exact) mass is 299 g/mol. The third-order valence-corrected chi connectivity index (χ3v) is 2.95. The van der Waals surface area contributed by atoms with Crippen molar-refractivity contribution < 1.29 is 18.3 Å². The fraction of sp³-hybridized carbons (Fsp3) is 0.500. The third kappa shape index (κ3) is 2.91. The molecule has 0 unspecified atom stereocenters. The molecule has 2 rings (SSSR count). The van der Waals surface area contributed by atoms with Crippen LogP contribution in [0, 0.1) is 0 Å². The highest BCUT2D eigenvalue weighted by molar-refractivity contribution is 5.88. The van der Waals surface area contributed by atoms with Gasteiger partial charge in [0, 0.05) is 12.4 Å². The van der Waals surface area contributed by atoms with E-state index in [-0.39, 0.29) is 24.0 Å². The van der Waals surface area contributed by atoms with Gasteiger partial charge in [-0.3, -0.25) is 4.57 Å². The highest BCUT2D eigenvalue weighted by Crippen LogP contribution is 2.20. The molecular formula is C12H15F2N5O2. The van der Waals surface area contributed by atoms with Crippen molar-refractivity contribution >= 4 is 5.97 Å². The first-order chi connectivity index (χ1) is 9.95. The maximum absolute atomic E-state index is 12.8. The van der Waals surface area contributed by atoms with Crippen LogP contribution in [0.2, 0.25) is 0 Å². The van der Waals surface area contributed by atoms with Gasteiger partial charge in [-0.1, -0.05) is 19.1 Å². The van der Waals surface area contributed by atoms with Gasteiger partial charge in [0.05, 0.1) is 12.8 Å². The van der Waals surface area contributed by atoms with Gasteiger partial charge in [-0.2, -0.15) is 8.78 Å².